The Morgan fingerprint density at radius 3 is 2.69 bits per heavy atom. The van der Waals surface area contributed by atoms with E-state index in [9.17, 15) is 13.2 Å². The highest BCUT2D eigenvalue weighted by Gasteiger charge is 2.27. The van der Waals surface area contributed by atoms with Crippen molar-refractivity contribution in [3.63, 3.8) is 0 Å². The van der Waals surface area contributed by atoms with Gasteiger partial charge in [0.1, 0.15) is 9.22 Å². The summed E-state index contributed by atoms with van der Waals surface area (Å²) in [5, 5.41) is 3.39. The van der Waals surface area contributed by atoms with Crippen molar-refractivity contribution in [2.75, 3.05) is 10.8 Å². The Kier molecular flexibility index (Phi) is 5.05. The van der Waals surface area contributed by atoms with Gasteiger partial charge in [0, 0.05) is 18.1 Å². The average Bonchev–Trinajstić information content (AvgIpc) is 3.46. The Balaban J connectivity index is 1.94. The van der Waals surface area contributed by atoms with Crippen LogP contribution in [-0.4, -0.2) is 31.2 Å². The summed E-state index contributed by atoms with van der Waals surface area (Å²) in [4.78, 5) is 19.2. The molecule has 0 spiro atoms. The smallest absolute Gasteiger partial charge is 0.273 e. The van der Waals surface area contributed by atoms with Crippen LogP contribution in [0.2, 0.25) is 0 Å². The van der Waals surface area contributed by atoms with Gasteiger partial charge in [0.05, 0.1) is 21.8 Å². The summed E-state index contributed by atoms with van der Waals surface area (Å²) < 4.78 is 28.3. The van der Waals surface area contributed by atoms with Gasteiger partial charge in [-0.05, 0) is 55.5 Å². The summed E-state index contributed by atoms with van der Waals surface area (Å²) in [5.74, 6) is 0. The SMILES string of the molecule is CCN(c1cc(C)c(C)c2cc(-c3ncc(C=O)s3)[nH]c12)S(=O)(=O)c1cccs1. The van der Waals surface area contributed by atoms with Crippen LogP contribution >= 0.6 is 22.7 Å². The van der Waals surface area contributed by atoms with Crippen molar-refractivity contribution in [2.45, 2.75) is 25.0 Å². The van der Waals surface area contributed by atoms with Gasteiger partial charge in [0.25, 0.3) is 10.0 Å². The van der Waals surface area contributed by atoms with Crippen molar-refractivity contribution >= 4 is 55.6 Å². The molecule has 0 aliphatic heterocycles. The van der Waals surface area contributed by atoms with E-state index >= 15 is 0 Å². The summed E-state index contributed by atoms with van der Waals surface area (Å²) in [7, 11) is -3.66. The lowest BCUT2D eigenvalue weighted by molar-refractivity contribution is 0.112. The molecule has 0 saturated carbocycles. The molecule has 0 radical (unpaired) electrons. The fraction of sp³-hybridized carbons (Fsp3) is 0.200. The normalized spacial score (nSPS) is 11.8. The summed E-state index contributed by atoms with van der Waals surface area (Å²) in [6, 6.07) is 7.24. The van der Waals surface area contributed by atoms with Gasteiger partial charge in [-0.3, -0.25) is 9.10 Å². The molecule has 9 heteroatoms. The molecule has 3 heterocycles. The molecule has 1 aromatic carbocycles. The molecule has 0 atom stereocenters. The highest BCUT2D eigenvalue weighted by Crippen LogP contribution is 2.38. The molecule has 0 amide bonds. The number of aldehydes is 1. The van der Waals surface area contributed by atoms with Crippen LogP contribution in [0.25, 0.3) is 21.6 Å². The van der Waals surface area contributed by atoms with Gasteiger partial charge in [-0.15, -0.1) is 22.7 Å². The molecule has 0 unspecified atom stereocenters. The molecule has 0 aliphatic carbocycles. The minimum Gasteiger partial charge on any atom is -0.351 e. The number of carbonyl (C=O) groups excluding carboxylic acids is 1. The quantitative estimate of drug-likeness (QED) is 0.424. The number of aromatic amines is 1. The molecule has 4 aromatic rings. The number of sulfonamides is 1. The van der Waals surface area contributed by atoms with Crippen LogP contribution in [-0.2, 0) is 10.0 Å². The molecule has 0 fully saturated rings. The minimum atomic E-state index is -3.66. The lowest BCUT2D eigenvalue weighted by Crippen LogP contribution is -2.30. The molecular formula is C20H19N3O3S3. The maximum absolute atomic E-state index is 13.3. The zero-order valence-electron chi connectivity index (χ0n) is 16.1. The first-order valence-electron chi connectivity index (χ1n) is 8.97. The highest BCUT2D eigenvalue weighted by molar-refractivity contribution is 7.94. The number of rotatable bonds is 6. The van der Waals surface area contributed by atoms with E-state index in [4.69, 9.17) is 0 Å². The summed E-state index contributed by atoms with van der Waals surface area (Å²) >= 11 is 2.50. The van der Waals surface area contributed by atoms with Crippen LogP contribution in [0.5, 0.6) is 0 Å². The fourth-order valence-electron chi connectivity index (χ4n) is 3.32. The third-order valence-corrected chi connectivity index (χ3v) is 9.11. The third kappa shape index (κ3) is 3.29. The molecular weight excluding hydrogens is 426 g/mol. The fourth-order valence-corrected chi connectivity index (χ4v) is 6.60. The number of hydrogen-bond acceptors (Lipinski definition) is 6. The monoisotopic (exact) mass is 445 g/mol. The number of nitrogens with zero attached hydrogens (tertiary/aromatic N) is 2. The summed E-state index contributed by atoms with van der Waals surface area (Å²) in [6.45, 7) is 6.12. The summed E-state index contributed by atoms with van der Waals surface area (Å²) in [5.41, 5.74) is 4.19. The largest absolute Gasteiger partial charge is 0.351 e. The Labute approximate surface area is 176 Å². The first-order valence-corrected chi connectivity index (χ1v) is 12.1. The average molecular weight is 446 g/mol. The lowest BCUT2D eigenvalue weighted by atomic mass is 10.0. The first kappa shape index (κ1) is 19.8. The second-order valence-electron chi connectivity index (χ2n) is 6.60. The maximum atomic E-state index is 13.3. The number of carbonyl (C=O) groups is 1. The van der Waals surface area contributed by atoms with Crippen molar-refractivity contribution in [3.05, 3.63) is 51.8 Å². The van der Waals surface area contributed by atoms with Gasteiger partial charge in [-0.2, -0.15) is 0 Å². The number of thiazole rings is 1. The van der Waals surface area contributed by atoms with Crippen molar-refractivity contribution in [1.82, 2.24) is 9.97 Å². The first-order chi connectivity index (χ1) is 13.9. The molecule has 6 nitrogen and oxygen atoms in total. The molecule has 4 rings (SSSR count). The molecule has 0 saturated heterocycles. The minimum absolute atomic E-state index is 0.304. The Morgan fingerprint density at radius 2 is 2.07 bits per heavy atom. The Hall–Kier alpha value is -2.49. The van der Waals surface area contributed by atoms with Gasteiger partial charge in [-0.25, -0.2) is 13.4 Å². The van der Waals surface area contributed by atoms with Crippen molar-refractivity contribution in [2.24, 2.45) is 0 Å². The van der Waals surface area contributed by atoms with Crippen LogP contribution in [0.15, 0.2) is 40.1 Å². The van der Waals surface area contributed by atoms with E-state index < -0.39 is 10.0 Å². The second-order valence-corrected chi connectivity index (χ2v) is 10.7. The number of hydrogen-bond donors (Lipinski definition) is 1. The number of H-pyrrole nitrogens is 1. The number of fused-ring (bicyclic) bond motifs is 1. The molecule has 3 aromatic heterocycles. The van der Waals surface area contributed by atoms with Gasteiger partial charge in [0.2, 0.25) is 0 Å². The molecule has 29 heavy (non-hydrogen) atoms. The summed E-state index contributed by atoms with van der Waals surface area (Å²) in [6.07, 6.45) is 2.31. The van der Waals surface area contributed by atoms with E-state index in [2.05, 4.69) is 9.97 Å². The molecule has 1 N–H and O–H groups in total. The van der Waals surface area contributed by atoms with Gasteiger partial charge in [-0.1, -0.05) is 6.07 Å². The number of nitrogens with one attached hydrogen (secondary N) is 1. The van der Waals surface area contributed by atoms with Gasteiger partial charge >= 0.3 is 0 Å². The van der Waals surface area contributed by atoms with E-state index in [1.807, 2.05) is 32.9 Å². The van der Waals surface area contributed by atoms with Gasteiger partial charge in [0.15, 0.2) is 6.29 Å². The van der Waals surface area contributed by atoms with E-state index in [0.717, 1.165) is 34.0 Å². The number of anilines is 1. The Morgan fingerprint density at radius 1 is 1.28 bits per heavy atom. The number of aromatic nitrogens is 2. The van der Waals surface area contributed by atoms with Crippen molar-refractivity contribution < 1.29 is 13.2 Å². The standard InChI is InChI=1S/C20H19N3O3S3/c1-4-23(29(25,26)18-6-5-7-27-18)17-8-12(2)13(3)15-9-16(22-19(15)17)20-21-10-14(11-24)28-20/h5-11,22H,4H2,1-3H3. The van der Waals surface area contributed by atoms with Crippen LogP contribution in [0.1, 0.15) is 27.7 Å². The van der Waals surface area contributed by atoms with Gasteiger partial charge < -0.3 is 4.98 Å². The zero-order valence-corrected chi connectivity index (χ0v) is 18.5. The molecule has 150 valence electrons. The predicted molar refractivity (Wildman–Crippen MR) is 119 cm³/mol. The maximum Gasteiger partial charge on any atom is 0.273 e. The molecule has 0 aliphatic rings. The van der Waals surface area contributed by atoms with Crippen LogP contribution < -0.4 is 4.31 Å². The number of aryl methyl sites for hydroxylation is 2. The van der Waals surface area contributed by atoms with Crippen molar-refractivity contribution in [3.8, 4) is 10.7 Å². The highest BCUT2D eigenvalue weighted by atomic mass is 32.2. The van der Waals surface area contributed by atoms with Crippen LogP contribution in [0.3, 0.4) is 0 Å². The predicted octanol–water partition coefficient (Wildman–Crippen LogP) is 5.00. The topological polar surface area (TPSA) is 83.1 Å². The molecule has 0 bridgehead atoms. The van der Waals surface area contributed by atoms with E-state index in [-0.39, 0.29) is 0 Å². The van der Waals surface area contributed by atoms with E-state index in [1.54, 1.807) is 17.5 Å². The number of thiophene rings is 1. The Bertz CT molecular complexity index is 1300. The van der Waals surface area contributed by atoms with Crippen LogP contribution in [0, 0.1) is 13.8 Å². The van der Waals surface area contributed by atoms with Crippen LogP contribution in [0.4, 0.5) is 5.69 Å². The lowest BCUT2D eigenvalue weighted by Gasteiger charge is -2.24. The zero-order chi connectivity index (χ0) is 20.8. The second kappa shape index (κ2) is 7.40. The van der Waals surface area contributed by atoms with E-state index in [1.165, 1.54) is 33.2 Å². The number of benzene rings is 1. The van der Waals surface area contributed by atoms with Crippen molar-refractivity contribution in [1.29, 1.82) is 0 Å². The van der Waals surface area contributed by atoms with E-state index in [0.29, 0.717) is 26.3 Å². The third-order valence-electron chi connectivity index (χ3n) is 4.89.